The molecule has 3 rings (SSSR count). The fourth-order valence-corrected chi connectivity index (χ4v) is 3.17. The summed E-state index contributed by atoms with van der Waals surface area (Å²) in [5.74, 6) is 0.655. The van der Waals surface area contributed by atoms with Gasteiger partial charge in [0.2, 0.25) is 0 Å². The fraction of sp³-hybridized carbons (Fsp3) is 0.316. The van der Waals surface area contributed by atoms with Gasteiger partial charge in [-0.3, -0.25) is 9.69 Å². The number of aldehydes is 1. The van der Waals surface area contributed by atoms with E-state index in [-0.39, 0.29) is 0 Å². The molecule has 0 atom stereocenters. The third kappa shape index (κ3) is 4.08. The summed E-state index contributed by atoms with van der Waals surface area (Å²) < 4.78 is 5.75. The Labute approximate surface area is 147 Å². The van der Waals surface area contributed by atoms with E-state index in [1.54, 1.807) is 6.07 Å². The Hall–Kier alpha value is -2.04. The van der Waals surface area contributed by atoms with Crippen LogP contribution >= 0.6 is 11.6 Å². The second-order valence-corrected chi connectivity index (χ2v) is 6.19. The van der Waals surface area contributed by atoms with Crippen molar-refractivity contribution in [2.24, 2.45) is 0 Å². The van der Waals surface area contributed by atoms with Crippen molar-refractivity contribution in [3.63, 3.8) is 0 Å². The second-order valence-electron chi connectivity index (χ2n) is 5.78. The van der Waals surface area contributed by atoms with E-state index in [2.05, 4.69) is 15.9 Å². The number of carbonyl (C=O) groups is 1. The monoisotopic (exact) mass is 344 g/mol. The summed E-state index contributed by atoms with van der Waals surface area (Å²) in [6.07, 6.45) is 0.831. The molecule has 0 aliphatic carbocycles. The van der Waals surface area contributed by atoms with Gasteiger partial charge in [0.15, 0.2) is 6.29 Å². The molecule has 0 bridgehead atoms. The summed E-state index contributed by atoms with van der Waals surface area (Å²) in [6.45, 7) is 5.29. The van der Waals surface area contributed by atoms with Crippen molar-refractivity contribution in [2.45, 2.75) is 0 Å². The number of nitrogens with zero attached hydrogens (tertiary/aromatic N) is 2. The van der Waals surface area contributed by atoms with E-state index in [0.29, 0.717) is 17.9 Å². The smallest absolute Gasteiger partial charge is 0.153 e. The van der Waals surface area contributed by atoms with Crippen LogP contribution in [0.1, 0.15) is 10.4 Å². The number of ether oxygens (including phenoxy) is 1. The Bertz CT molecular complexity index is 685. The summed E-state index contributed by atoms with van der Waals surface area (Å²) in [5.41, 5.74) is 1.70. The highest BCUT2D eigenvalue weighted by Gasteiger charge is 2.18. The zero-order valence-electron chi connectivity index (χ0n) is 13.5. The number of para-hydroxylation sites is 2. The van der Waals surface area contributed by atoms with Crippen LogP contribution in [0.2, 0.25) is 5.02 Å². The number of halogens is 1. The highest BCUT2D eigenvalue weighted by atomic mass is 35.5. The zero-order chi connectivity index (χ0) is 16.8. The van der Waals surface area contributed by atoms with Gasteiger partial charge in [-0.25, -0.2) is 0 Å². The maximum atomic E-state index is 11.0. The molecular formula is C19H21ClN2O2. The molecule has 126 valence electrons. The van der Waals surface area contributed by atoms with E-state index in [9.17, 15) is 4.79 Å². The Balaban J connectivity index is 1.46. The van der Waals surface area contributed by atoms with Gasteiger partial charge in [0.05, 0.1) is 16.3 Å². The van der Waals surface area contributed by atoms with Crippen molar-refractivity contribution in [3.8, 4) is 5.75 Å². The molecule has 5 heteroatoms. The van der Waals surface area contributed by atoms with Crippen LogP contribution in [0.3, 0.4) is 0 Å². The van der Waals surface area contributed by atoms with Gasteiger partial charge in [-0.2, -0.15) is 0 Å². The van der Waals surface area contributed by atoms with Gasteiger partial charge in [-0.1, -0.05) is 35.9 Å². The van der Waals surface area contributed by atoms with Crippen LogP contribution in [0.4, 0.5) is 5.69 Å². The molecule has 0 amide bonds. The van der Waals surface area contributed by atoms with Gasteiger partial charge in [-0.15, -0.1) is 0 Å². The number of piperazine rings is 1. The molecule has 1 saturated heterocycles. The van der Waals surface area contributed by atoms with Gasteiger partial charge in [0.25, 0.3) is 0 Å². The van der Waals surface area contributed by atoms with Crippen LogP contribution in [-0.2, 0) is 0 Å². The van der Waals surface area contributed by atoms with Crippen molar-refractivity contribution in [2.75, 3.05) is 44.2 Å². The molecule has 1 aliphatic heterocycles. The van der Waals surface area contributed by atoms with E-state index >= 15 is 0 Å². The molecule has 0 unspecified atom stereocenters. The van der Waals surface area contributed by atoms with Crippen molar-refractivity contribution < 1.29 is 9.53 Å². The molecule has 2 aromatic carbocycles. The summed E-state index contributed by atoms with van der Waals surface area (Å²) in [5, 5.41) is 0.805. The molecule has 0 spiro atoms. The Morgan fingerprint density at radius 1 is 1.00 bits per heavy atom. The molecule has 1 aliphatic rings. The van der Waals surface area contributed by atoms with Crippen molar-refractivity contribution in [1.82, 2.24) is 4.90 Å². The van der Waals surface area contributed by atoms with Crippen molar-refractivity contribution in [3.05, 3.63) is 59.1 Å². The Morgan fingerprint density at radius 2 is 1.71 bits per heavy atom. The first-order valence-electron chi connectivity index (χ1n) is 8.17. The molecule has 4 nitrogen and oxygen atoms in total. The number of hydrogen-bond donors (Lipinski definition) is 0. The zero-order valence-corrected chi connectivity index (χ0v) is 14.3. The van der Waals surface area contributed by atoms with Crippen molar-refractivity contribution in [1.29, 1.82) is 0 Å². The molecule has 0 radical (unpaired) electrons. The van der Waals surface area contributed by atoms with E-state index in [1.807, 2.05) is 36.4 Å². The highest BCUT2D eigenvalue weighted by Crippen LogP contribution is 2.26. The maximum absolute atomic E-state index is 11.0. The van der Waals surface area contributed by atoms with Crippen LogP contribution in [0.15, 0.2) is 48.5 Å². The first-order valence-corrected chi connectivity index (χ1v) is 8.54. The van der Waals surface area contributed by atoms with Gasteiger partial charge in [-0.05, 0) is 24.3 Å². The first-order chi connectivity index (χ1) is 11.8. The Morgan fingerprint density at radius 3 is 2.46 bits per heavy atom. The second kappa shape index (κ2) is 8.18. The number of benzene rings is 2. The summed E-state index contributed by atoms with van der Waals surface area (Å²) in [4.78, 5) is 15.7. The van der Waals surface area contributed by atoms with Gasteiger partial charge < -0.3 is 9.64 Å². The van der Waals surface area contributed by atoms with E-state index < -0.39 is 0 Å². The fourth-order valence-electron chi connectivity index (χ4n) is 2.91. The molecule has 0 aromatic heterocycles. The highest BCUT2D eigenvalue weighted by molar-refractivity contribution is 6.33. The molecule has 24 heavy (non-hydrogen) atoms. The molecular weight excluding hydrogens is 324 g/mol. The number of hydrogen-bond acceptors (Lipinski definition) is 4. The summed E-state index contributed by atoms with van der Waals surface area (Å²) in [7, 11) is 0. The topological polar surface area (TPSA) is 32.8 Å². The quantitative estimate of drug-likeness (QED) is 0.752. The lowest BCUT2D eigenvalue weighted by Gasteiger charge is -2.36. The number of rotatable bonds is 6. The van der Waals surface area contributed by atoms with Crippen molar-refractivity contribution >= 4 is 23.6 Å². The van der Waals surface area contributed by atoms with Crippen LogP contribution in [-0.4, -0.2) is 50.5 Å². The lowest BCUT2D eigenvalue weighted by Crippen LogP contribution is -2.47. The molecule has 0 saturated carbocycles. The predicted molar refractivity (Wildman–Crippen MR) is 97.4 cm³/mol. The van der Waals surface area contributed by atoms with Crippen LogP contribution in [0.5, 0.6) is 5.75 Å². The van der Waals surface area contributed by atoms with Crippen LogP contribution in [0, 0.1) is 0 Å². The van der Waals surface area contributed by atoms with Gasteiger partial charge in [0, 0.05) is 32.7 Å². The van der Waals surface area contributed by atoms with Crippen LogP contribution in [0.25, 0.3) is 0 Å². The summed E-state index contributed by atoms with van der Waals surface area (Å²) in [6, 6.07) is 15.3. The molecule has 0 N–H and O–H groups in total. The van der Waals surface area contributed by atoms with Crippen LogP contribution < -0.4 is 9.64 Å². The lowest BCUT2D eigenvalue weighted by molar-refractivity contribution is 0.111. The van der Waals surface area contributed by atoms with E-state index in [0.717, 1.165) is 49.7 Å². The largest absolute Gasteiger partial charge is 0.492 e. The third-order valence-corrected chi connectivity index (χ3v) is 4.60. The minimum atomic E-state index is 0.580. The predicted octanol–water partition coefficient (Wildman–Crippen LogP) is 3.35. The molecule has 1 fully saturated rings. The molecule has 1 heterocycles. The number of anilines is 1. The van der Waals surface area contributed by atoms with Gasteiger partial charge in [0.1, 0.15) is 12.4 Å². The Kier molecular flexibility index (Phi) is 5.72. The maximum Gasteiger partial charge on any atom is 0.153 e. The number of carbonyl (C=O) groups excluding carboxylic acids is 1. The minimum absolute atomic E-state index is 0.580. The first kappa shape index (κ1) is 16.8. The average molecular weight is 345 g/mol. The van der Waals surface area contributed by atoms with Gasteiger partial charge >= 0.3 is 0 Å². The SMILES string of the molecule is O=Cc1ccccc1OCCN1CCN(c2ccccc2Cl)CC1. The molecule has 2 aromatic rings. The standard InChI is InChI=1S/C19H21ClN2O2/c20-17-6-2-3-7-18(17)22-11-9-21(10-12-22)13-14-24-19-8-4-1-5-16(19)15-23/h1-8,15H,9-14H2. The lowest BCUT2D eigenvalue weighted by atomic mass is 10.2. The normalized spacial score (nSPS) is 15.3. The van der Waals surface area contributed by atoms with E-state index in [4.69, 9.17) is 16.3 Å². The van der Waals surface area contributed by atoms with E-state index in [1.165, 1.54) is 0 Å². The average Bonchev–Trinajstić information content (AvgIpc) is 2.63. The third-order valence-electron chi connectivity index (χ3n) is 4.28. The summed E-state index contributed by atoms with van der Waals surface area (Å²) >= 11 is 6.27. The minimum Gasteiger partial charge on any atom is -0.492 e.